The summed E-state index contributed by atoms with van der Waals surface area (Å²) < 4.78 is 24.1. The molecular weight excluding hydrogens is 573 g/mol. The highest BCUT2D eigenvalue weighted by Gasteiger charge is 2.56. The van der Waals surface area contributed by atoms with E-state index in [1.165, 1.54) is 6.92 Å². The molecule has 1 aromatic heterocycles. The molecule has 12 nitrogen and oxygen atoms in total. The molecule has 4 rings (SSSR count). The second-order valence-electron chi connectivity index (χ2n) is 9.66. The zero-order valence-electron chi connectivity index (χ0n) is 22.4. The first-order valence-corrected chi connectivity index (χ1v) is 15.3. The van der Waals surface area contributed by atoms with Gasteiger partial charge in [-0.15, -0.1) is 6.42 Å². The van der Waals surface area contributed by atoms with E-state index in [0.717, 1.165) is 27.6 Å². The number of ether oxygens (including phenoxy) is 2. The summed E-state index contributed by atoms with van der Waals surface area (Å²) in [5.74, 6) is 1.88. The van der Waals surface area contributed by atoms with E-state index in [-0.39, 0.29) is 6.10 Å². The Hall–Kier alpha value is -3.34. The molecule has 1 saturated heterocycles. The van der Waals surface area contributed by atoms with Crippen molar-refractivity contribution in [2.45, 2.75) is 57.0 Å². The molecule has 2 unspecified atom stereocenters. The van der Waals surface area contributed by atoms with Crippen molar-refractivity contribution in [2.24, 2.45) is 0 Å². The minimum absolute atomic E-state index is 0.374. The summed E-state index contributed by atoms with van der Waals surface area (Å²) in [6.45, 7) is 0.904. The fraction of sp³-hybridized carbons (Fsp3) is 0.370. The average Bonchev–Trinajstić information content (AvgIpc) is 3.17. The highest BCUT2D eigenvalue weighted by molar-refractivity contribution is 8.09. The standard InChI is InChI=1S/C27H30N3O9PS/c1-5-27(35)23(32)21(38-25(27)30-14-13-22(31)28-26(30)34)15-36-40(41,29-17(4)24(33)37-16(2)3)39-20-12-8-10-18-9-6-7-11-19(18)20/h1,6-14,16-17,21,23,25,32,35H,15H2,2-4H3,(H,29,41)(H,28,31,34)/t17?,21-,23-,25-,27-,40?/m1/s1. The van der Waals surface area contributed by atoms with Gasteiger partial charge in [0.2, 0.25) is 0 Å². The first-order valence-electron chi connectivity index (χ1n) is 12.6. The van der Waals surface area contributed by atoms with Gasteiger partial charge < -0.3 is 28.7 Å². The van der Waals surface area contributed by atoms with Gasteiger partial charge in [-0.05, 0) is 44.0 Å². The summed E-state index contributed by atoms with van der Waals surface area (Å²) in [6, 6.07) is 12.9. The van der Waals surface area contributed by atoms with E-state index < -0.39 is 60.5 Å². The Morgan fingerprint density at radius 1 is 1.24 bits per heavy atom. The van der Waals surface area contributed by atoms with Crippen LogP contribution in [0.4, 0.5) is 0 Å². The van der Waals surface area contributed by atoms with Crippen LogP contribution in [0.2, 0.25) is 0 Å². The van der Waals surface area contributed by atoms with Crippen LogP contribution in [0.25, 0.3) is 10.8 Å². The largest absolute Gasteiger partial charge is 0.462 e. The lowest BCUT2D eigenvalue weighted by Crippen LogP contribution is -2.48. The summed E-state index contributed by atoms with van der Waals surface area (Å²) in [6.07, 6.45) is 1.65. The van der Waals surface area contributed by atoms with Gasteiger partial charge in [-0.2, -0.15) is 0 Å². The zero-order valence-corrected chi connectivity index (χ0v) is 24.1. The van der Waals surface area contributed by atoms with Crippen molar-refractivity contribution < 1.29 is 33.5 Å². The van der Waals surface area contributed by atoms with Gasteiger partial charge in [-0.25, -0.2) is 9.88 Å². The molecule has 3 aromatic rings. The molecule has 0 amide bonds. The van der Waals surface area contributed by atoms with Crippen LogP contribution in [-0.2, 0) is 30.6 Å². The summed E-state index contributed by atoms with van der Waals surface area (Å²) in [5.41, 5.74) is -3.94. The van der Waals surface area contributed by atoms with Crippen LogP contribution in [0.1, 0.15) is 27.0 Å². The predicted octanol–water partition coefficient (Wildman–Crippen LogP) is 1.56. The van der Waals surface area contributed by atoms with Crippen molar-refractivity contribution in [1.29, 1.82) is 0 Å². The number of aliphatic hydroxyl groups excluding tert-OH is 1. The maximum absolute atomic E-state index is 12.6. The molecule has 6 atom stereocenters. The number of rotatable bonds is 10. The van der Waals surface area contributed by atoms with Crippen molar-refractivity contribution >= 4 is 35.2 Å². The average molecular weight is 604 g/mol. The van der Waals surface area contributed by atoms with Crippen LogP contribution in [0.5, 0.6) is 5.75 Å². The molecule has 1 aliphatic heterocycles. The molecule has 2 heterocycles. The van der Waals surface area contributed by atoms with Crippen molar-refractivity contribution in [3.8, 4) is 18.1 Å². The lowest BCUT2D eigenvalue weighted by molar-refractivity contribution is -0.149. The molecule has 4 N–H and O–H groups in total. The number of aliphatic hydroxyl groups is 2. The molecule has 0 radical (unpaired) electrons. The van der Waals surface area contributed by atoms with Gasteiger partial charge in [0, 0.05) is 17.6 Å². The molecule has 0 aliphatic carbocycles. The number of aromatic nitrogens is 2. The Balaban J connectivity index is 1.62. The molecule has 218 valence electrons. The second-order valence-corrected chi connectivity index (χ2v) is 12.8. The van der Waals surface area contributed by atoms with Gasteiger partial charge in [0.05, 0.1) is 12.7 Å². The van der Waals surface area contributed by atoms with Gasteiger partial charge in [-0.1, -0.05) is 42.3 Å². The minimum Gasteiger partial charge on any atom is -0.462 e. The Labute approximate surface area is 240 Å². The number of aromatic amines is 1. The van der Waals surface area contributed by atoms with E-state index in [1.54, 1.807) is 26.0 Å². The number of terminal acetylenes is 1. The third kappa shape index (κ3) is 6.60. The lowest BCUT2D eigenvalue weighted by Gasteiger charge is -2.28. The third-order valence-corrected chi connectivity index (χ3v) is 8.74. The molecule has 41 heavy (non-hydrogen) atoms. The number of nitrogens with one attached hydrogen (secondary N) is 2. The van der Waals surface area contributed by atoms with Gasteiger partial charge in [0.15, 0.2) is 11.8 Å². The smallest absolute Gasteiger partial charge is 0.330 e. The second kappa shape index (κ2) is 12.3. The number of hydrogen-bond acceptors (Lipinski definition) is 10. The van der Waals surface area contributed by atoms with E-state index in [2.05, 4.69) is 11.0 Å². The summed E-state index contributed by atoms with van der Waals surface area (Å²) in [7, 11) is 0. The third-order valence-electron chi connectivity index (χ3n) is 6.25. The first kappa shape index (κ1) is 30.6. The van der Waals surface area contributed by atoms with Gasteiger partial charge in [-0.3, -0.25) is 19.1 Å². The minimum atomic E-state index is -3.59. The van der Waals surface area contributed by atoms with E-state index >= 15 is 0 Å². The Morgan fingerprint density at radius 3 is 2.63 bits per heavy atom. The fourth-order valence-corrected chi connectivity index (χ4v) is 6.66. The van der Waals surface area contributed by atoms with Crippen molar-refractivity contribution in [2.75, 3.05) is 6.61 Å². The SMILES string of the molecule is C#C[C@@]1(O)[C@H](O)[C@@H](COP(=S)(NC(C)C(=O)OC(C)C)Oc2cccc3ccccc23)O[C@H]1n1ccc(=O)[nH]c1=O. The van der Waals surface area contributed by atoms with Gasteiger partial charge in [0.25, 0.3) is 5.56 Å². The van der Waals surface area contributed by atoms with Crippen molar-refractivity contribution in [3.05, 3.63) is 75.6 Å². The van der Waals surface area contributed by atoms with Crippen LogP contribution in [0.15, 0.2) is 64.3 Å². The number of esters is 1. The number of nitrogens with zero attached hydrogens (tertiary/aromatic N) is 1. The summed E-state index contributed by atoms with van der Waals surface area (Å²) in [5, 5.41) is 26.6. The van der Waals surface area contributed by atoms with Gasteiger partial charge >= 0.3 is 18.3 Å². The number of hydrogen-bond donors (Lipinski definition) is 4. The highest BCUT2D eigenvalue weighted by atomic mass is 32.5. The molecule has 2 aromatic carbocycles. The molecule has 0 saturated carbocycles. The maximum atomic E-state index is 12.6. The molecule has 14 heteroatoms. The number of fused-ring (bicyclic) bond motifs is 1. The van der Waals surface area contributed by atoms with Crippen LogP contribution in [0, 0.1) is 12.3 Å². The molecular formula is C27H30N3O9PS. The Morgan fingerprint density at radius 2 is 1.95 bits per heavy atom. The number of H-pyrrole nitrogens is 1. The first-order chi connectivity index (χ1) is 19.4. The topological polar surface area (TPSA) is 161 Å². The molecule has 0 bridgehead atoms. The molecule has 0 spiro atoms. The zero-order chi connectivity index (χ0) is 29.9. The van der Waals surface area contributed by atoms with Gasteiger partial charge in [0.1, 0.15) is 24.0 Å². The monoisotopic (exact) mass is 603 g/mol. The molecule has 1 aliphatic rings. The fourth-order valence-electron chi connectivity index (χ4n) is 4.24. The maximum Gasteiger partial charge on any atom is 0.330 e. The molecule has 1 fully saturated rings. The highest BCUT2D eigenvalue weighted by Crippen LogP contribution is 2.48. The van der Waals surface area contributed by atoms with E-state index in [4.69, 9.17) is 36.8 Å². The quantitative estimate of drug-likeness (QED) is 0.151. The summed E-state index contributed by atoms with van der Waals surface area (Å²) in [4.78, 5) is 38.5. The van der Waals surface area contributed by atoms with E-state index in [9.17, 15) is 24.6 Å². The van der Waals surface area contributed by atoms with E-state index in [0.29, 0.717) is 5.75 Å². The number of benzene rings is 2. The Kier molecular flexibility index (Phi) is 9.16. The Bertz CT molecular complexity index is 1630. The van der Waals surface area contributed by atoms with Crippen molar-refractivity contribution in [1.82, 2.24) is 14.6 Å². The lowest BCUT2D eigenvalue weighted by atomic mass is 9.95. The van der Waals surface area contributed by atoms with E-state index in [1.807, 2.05) is 35.3 Å². The normalized spacial score (nSPS) is 24.5. The predicted molar refractivity (Wildman–Crippen MR) is 154 cm³/mol. The van der Waals surface area contributed by atoms with Crippen LogP contribution in [-0.4, -0.2) is 62.3 Å². The number of carbonyl (C=O) groups excluding carboxylic acids is 1. The summed E-state index contributed by atoms with van der Waals surface area (Å²) >= 11 is 5.79. The van der Waals surface area contributed by atoms with Crippen LogP contribution < -0.4 is 20.9 Å². The van der Waals surface area contributed by atoms with Crippen LogP contribution >= 0.6 is 6.64 Å². The number of carbonyl (C=O) groups is 1. The van der Waals surface area contributed by atoms with Crippen LogP contribution in [0.3, 0.4) is 0 Å². The van der Waals surface area contributed by atoms with Crippen molar-refractivity contribution in [3.63, 3.8) is 0 Å².